The average Bonchev–Trinajstić information content (AvgIpc) is 2.47. The monoisotopic (exact) mass is 214 g/mol. The van der Waals surface area contributed by atoms with Crippen molar-refractivity contribution >= 4 is 11.8 Å². The number of rotatable bonds is 5. The van der Waals surface area contributed by atoms with Gasteiger partial charge >= 0.3 is 0 Å². The number of hydrogen-bond donors (Lipinski definition) is 1. The molecule has 1 aromatic heterocycles. The van der Waals surface area contributed by atoms with Gasteiger partial charge in [0, 0.05) is 5.37 Å². The van der Waals surface area contributed by atoms with Gasteiger partial charge < -0.3 is 15.1 Å². The SMILES string of the molecule is CC(N)SCc1ccc(CN(C)C)o1. The molecular weight excluding hydrogens is 196 g/mol. The van der Waals surface area contributed by atoms with Gasteiger partial charge in [0.2, 0.25) is 0 Å². The summed E-state index contributed by atoms with van der Waals surface area (Å²) < 4.78 is 5.63. The van der Waals surface area contributed by atoms with Gasteiger partial charge in [0.1, 0.15) is 11.5 Å². The molecule has 0 bridgehead atoms. The van der Waals surface area contributed by atoms with E-state index >= 15 is 0 Å². The van der Waals surface area contributed by atoms with Crippen molar-refractivity contribution in [2.75, 3.05) is 14.1 Å². The third-order valence-electron chi connectivity index (χ3n) is 1.68. The highest BCUT2D eigenvalue weighted by atomic mass is 32.2. The molecule has 80 valence electrons. The topological polar surface area (TPSA) is 42.4 Å². The summed E-state index contributed by atoms with van der Waals surface area (Å²) >= 11 is 1.69. The molecule has 0 aliphatic rings. The van der Waals surface area contributed by atoms with Crippen LogP contribution in [-0.4, -0.2) is 24.4 Å². The molecule has 0 aromatic carbocycles. The molecule has 1 heterocycles. The predicted octanol–water partition coefficient (Wildman–Crippen LogP) is 1.88. The van der Waals surface area contributed by atoms with E-state index in [2.05, 4.69) is 4.90 Å². The van der Waals surface area contributed by atoms with Gasteiger partial charge in [-0.2, -0.15) is 0 Å². The van der Waals surface area contributed by atoms with E-state index in [1.54, 1.807) is 11.8 Å². The van der Waals surface area contributed by atoms with Crippen molar-refractivity contribution in [1.82, 2.24) is 4.90 Å². The molecule has 1 unspecified atom stereocenters. The van der Waals surface area contributed by atoms with Crippen LogP contribution < -0.4 is 5.73 Å². The summed E-state index contributed by atoms with van der Waals surface area (Å²) in [4.78, 5) is 2.08. The standard InChI is InChI=1S/C10H18N2OS/c1-8(11)14-7-10-5-4-9(13-10)6-12(2)3/h4-5,8H,6-7,11H2,1-3H3. The zero-order valence-electron chi connectivity index (χ0n) is 8.99. The van der Waals surface area contributed by atoms with Gasteiger partial charge in [-0.1, -0.05) is 0 Å². The van der Waals surface area contributed by atoms with Gasteiger partial charge in [-0.15, -0.1) is 11.8 Å². The lowest BCUT2D eigenvalue weighted by Gasteiger charge is -2.06. The Labute approximate surface area is 89.6 Å². The van der Waals surface area contributed by atoms with Crippen molar-refractivity contribution in [2.24, 2.45) is 5.73 Å². The molecule has 2 N–H and O–H groups in total. The first-order valence-electron chi connectivity index (χ1n) is 4.67. The molecule has 0 aliphatic carbocycles. The van der Waals surface area contributed by atoms with Crippen LogP contribution in [0, 0.1) is 0 Å². The van der Waals surface area contributed by atoms with Crippen molar-refractivity contribution in [1.29, 1.82) is 0 Å². The fourth-order valence-corrected chi connectivity index (χ4v) is 1.69. The summed E-state index contributed by atoms with van der Waals surface area (Å²) in [7, 11) is 4.05. The average molecular weight is 214 g/mol. The van der Waals surface area contributed by atoms with E-state index in [1.165, 1.54) is 0 Å². The van der Waals surface area contributed by atoms with Crippen molar-refractivity contribution in [3.05, 3.63) is 23.7 Å². The molecule has 1 rings (SSSR count). The summed E-state index contributed by atoms with van der Waals surface area (Å²) in [5, 5.41) is 0.164. The second kappa shape index (κ2) is 5.44. The minimum atomic E-state index is 0.164. The third kappa shape index (κ3) is 4.17. The van der Waals surface area contributed by atoms with Crippen LogP contribution in [0.5, 0.6) is 0 Å². The number of hydrogen-bond acceptors (Lipinski definition) is 4. The van der Waals surface area contributed by atoms with Crippen LogP contribution in [0.3, 0.4) is 0 Å². The lowest BCUT2D eigenvalue weighted by atomic mass is 10.4. The van der Waals surface area contributed by atoms with Gasteiger partial charge in [0.15, 0.2) is 0 Å². The quantitative estimate of drug-likeness (QED) is 0.760. The highest BCUT2D eigenvalue weighted by Crippen LogP contribution is 2.17. The Balaban J connectivity index is 2.42. The number of nitrogens with two attached hydrogens (primary N) is 1. The highest BCUT2D eigenvalue weighted by Gasteiger charge is 2.04. The largest absolute Gasteiger partial charge is 0.464 e. The van der Waals surface area contributed by atoms with E-state index < -0.39 is 0 Å². The summed E-state index contributed by atoms with van der Waals surface area (Å²) in [6.45, 7) is 2.83. The van der Waals surface area contributed by atoms with Crippen molar-refractivity contribution < 1.29 is 4.42 Å². The minimum Gasteiger partial charge on any atom is -0.464 e. The fourth-order valence-electron chi connectivity index (χ4n) is 1.11. The van der Waals surface area contributed by atoms with Crippen LogP contribution in [0.2, 0.25) is 0 Å². The molecule has 0 aliphatic heterocycles. The molecule has 0 spiro atoms. The van der Waals surface area contributed by atoms with Crippen molar-refractivity contribution in [3.63, 3.8) is 0 Å². The zero-order chi connectivity index (χ0) is 10.6. The molecule has 14 heavy (non-hydrogen) atoms. The Morgan fingerprint density at radius 1 is 1.43 bits per heavy atom. The highest BCUT2D eigenvalue weighted by molar-refractivity contribution is 7.99. The van der Waals surface area contributed by atoms with Gasteiger partial charge in [0.05, 0.1) is 12.3 Å². The second-order valence-corrected chi connectivity index (χ2v) is 4.99. The maximum atomic E-state index is 5.64. The Hall–Kier alpha value is -0.450. The van der Waals surface area contributed by atoms with E-state index in [-0.39, 0.29) is 5.37 Å². The summed E-state index contributed by atoms with van der Waals surface area (Å²) in [5.74, 6) is 2.87. The first-order chi connectivity index (χ1) is 6.58. The first-order valence-corrected chi connectivity index (χ1v) is 5.72. The Morgan fingerprint density at radius 2 is 2.07 bits per heavy atom. The number of nitrogens with zero attached hydrogens (tertiary/aromatic N) is 1. The number of thioether (sulfide) groups is 1. The van der Waals surface area contributed by atoms with E-state index in [9.17, 15) is 0 Å². The third-order valence-corrected chi connectivity index (χ3v) is 2.65. The predicted molar refractivity (Wildman–Crippen MR) is 61.0 cm³/mol. The van der Waals surface area contributed by atoms with Gasteiger partial charge in [0.25, 0.3) is 0 Å². The van der Waals surface area contributed by atoms with Crippen LogP contribution in [0.15, 0.2) is 16.5 Å². The van der Waals surface area contributed by atoms with E-state index in [0.29, 0.717) is 0 Å². The Morgan fingerprint density at radius 3 is 2.64 bits per heavy atom. The molecule has 0 fully saturated rings. The summed E-state index contributed by atoms with van der Waals surface area (Å²) in [6.07, 6.45) is 0. The van der Waals surface area contributed by atoms with E-state index in [0.717, 1.165) is 23.8 Å². The van der Waals surface area contributed by atoms with Crippen LogP contribution in [0.1, 0.15) is 18.4 Å². The maximum absolute atomic E-state index is 5.64. The molecule has 0 saturated carbocycles. The van der Waals surface area contributed by atoms with Gasteiger partial charge in [-0.3, -0.25) is 0 Å². The van der Waals surface area contributed by atoms with E-state index in [1.807, 2.05) is 33.2 Å². The molecule has 1 atom stereocenters. The molecule has 0 radical (unpaired) electrons. The van der Waals surface area contributed by atoms with Crippen molar-refractivity contribution in [3.8, 4) is 0 Å². The van der Waals surface area contributed by atoms with Gasteiger partial charge in [-0.25, -0.2) is 0 Å². The van der Waals surface area contributed by atoms with Gasteiger partial charge in [-0.05, 0) is 33.2 Å². The summed E-state index contributed by atoms with van der Waals surface area (Å²) in [5.41, 5.74) is 5.64. The number of furan rings is 1. The molecule has 0 saturated heterocycles. The first kappa shape index (κ1) is 11.6. The summed E-state index contributed by atoms with van der Waals surface area (Å²) in [6, 6.07) is 4.05. The Kier molecular flexibility index (Phi) is 4.51. The minimum absolute atomic E-state index is 0.164. The molecule has 4 heteroatoms. The van der Waals surface area contributed by atoms with Crippen LogP contribution >= 0.6 is 11.8 Å². The molecule has 3 nitrogen and oxygen atoms in total. The second-order valence-electron chi connectivity index (χ2n) is 3.62. The lowest BCUT2D eigenvalue weighted by molar-refractivity contribution is 0.344. The maximum Gasteiger partial charge on any atom is 0.118 e. The van der Waals surface area contributed by atoms with E-state index in [4.69, 9.17) is 10.2 Å². The smallest absolute Gasteiger partial charge is 0.118 e. The van der Waals surface area contributed by atoms with Crippen LogP contribution in [0.4, 0.5) is 0 Å². The molecule has 1 aromatic rings. The molecular formula is C10H18N2OS. The zero-order valence-corrected chi connectivity index (χ0v) is 9.80. The lowest BCUT2D eigenvalue weighted by Crippen LogP contribution is -2.10. The van der Waals surface area contributed by atoms with Crippen LogP contribution in [0.25, 0.3) is 0 Å². The normalized spacial score (nSPS) is 13.5. The van der Waals surface area contributed by atoms with Crippen molar-refractivity contribution in [2.45, 2.75) is 24.6 Å². The van der Waals surface area contributed by atoms with Crippen LogP contribution in [-0.2, 0) is 12.3 Å². The fraction of sp³-hybridized carbons (Fsp3) is 0.600. The Bertz CT molecular complexity index is 271. The molecule has 0 amide bonds.